The Balaban J connectivity index is 2.17. The molecule has 1 aliphatic rings. The SMILES string of the molecule is COc1ccc([N+](=O)[O-])cc1CN1CCCC(N)C1. The Morgan fingerprint density at radius 3 is 3.00 bits per heavy atom. The number of nitro groups is 1. The van der Waals surface area contributed by atoms with Crippen molar-refractivity contribution in [2.45, 2.75) is 25.4 Å². The lowest BCUT2D eigenvalue weighted by molar-refractivity contribution is -0.385. The first-order valence-electron chi connectivity index (χ1n) is 6.39. The average molecular weight is 265 g/mol. The van der Waals surface area contributed by atoms with Crippen LogP contribution in [0.5, 0.6) is 5.75 Å². The predicted octanol–water partition coefficient (Wildman–Crippen LogP) is 1.53. The van der Waals surface area contributed by atoms with Gasteiger partial charge in [-0.15, -0.1) is 0 Å². The number of nitrogens with two attached hydrogens (primary N) is 1. The van der Waals surface area contributed by atoms with Crippen LogP contribution in [-0.2, 0) is 6.54 Å². The molecule has 6 heteroatoms. The predicted molar refractivity (Wildman–Crippen MR) is 72.1 cm³/mol. The van der Waals surface area contributed by atoms with Gasteiger partial charge in [0.05, 0.1) is 12.0 Å². The van der Waals surface area contributed by atoms with Crippen LogP contribution in [0.3, 0.4) is 0 Å². The molecule has 0 aromatic heterocycles. The Morgan fingerprint density at radius 1 is 1.58 bits per heavy atom. The highest BCUT2D eigenvalue weighted by Crippen LogP contribution is 2.26. The molecule has 104 valence electrons. The van der Waals surface area contributed by atoms with E-state index in [0.717, 1.165) is 31.5 Å². The molecule has 0 radical (unpaired) electrons. The lowest BCUT2D eigenvalue weighted by Gasteiger charge is -2.30. The van der Waals surface area contributed by atoms with E-state index in [1.54, 1.807) is 19.2 Å². The zero-order chi connectivity index (χ0) is 13.8. The molecule has 19 heavy (non-hydrogen) atoms. The molecular weight excluding hydrogens is 246 g/mol. The van der Waals surface area contributed by atoms with Crippen LogP contribution in [0.15, 0.2) is 18.2 Å². The minimum atomic E-state index is -0.384. The molecule has 6 nitrogen and oxygen atoms in total. The molecule has 0 amide bonds. The minimum absolute atomic E-state index is 0.0945. The highest BCUT2D eigenvalue weighted by Gasteiger charge is 2.19. The van der Waals surface area contributed by atoms with Crippen molar-refractivity contribution >= 4 is 5.69 Å². The van der Waals surface area contributed by atoms with E-state index in [1.165, 1.54) is 6.07 Å². The van der Waals surface area contributed by atoms with Crippen LogP contribution in [0.1, 0.15) is 18.4 Å². The zero-order valence-corrected chi connectivity index (χ0v) is 11.0. The third kappa shape index (κ3) is 3.42. The summed E-state index contributed by atoms with van der Waals surface area (Å²) in [5.74, 6) is 0.685. The summed E-state index contributed by atoms with van der Waals surface area (Å²) in [6.45, 7) is 2.43. The number of piperidine rings is 1. The van der Waals surface area contributed by atoms with Gasteiger partial charge in [0, 0.05) is 36.8 Å². The molecule has 1 aromatic rings. The summed E-state index contributed by atoms with van der Waals surface area (Å²) in [6.07, 6.45) is 2.11. The topological polar surface area (TPSA) is 81.6 Å². The number of likely N-dealkylation sites (tertiary alicyclic amines) is 1. The first-order valence-corrected chi connectivity index (χ1v) is 6.39. The second-order valence-electron chi connectivity index (χ2n) is 4.89. The summed E-state index contributed by atoms with van der Waals surface area (Å²) in [7, 11) is 1.58. The van der Waals surface area contributed by atoms with Crippen molar-refractivity contribution in [3.8, 4) is 5.75 Å². The van der Waals surface area contributed by atoms with E-state index in [1.807, 2.05) is 0 Å². The summed E-state index contributed by atoms with van der Waals surface area (Å²) >= 11 is 0. The van der Waals surface area contributed by atoms with Crippen LogP contribution < -0.4 is 10.5 Å². The fourth-order valence-corrected chi connectivity index (χ4v) is 2.48. The molecule has 1 atom stereocenters. The van der Waals surface area contributed by atoms with Crippen molar-refractivity contribution in [1.82, 2.24) is 4.90 Å². The number of ether oxygens (including phenoxy) is 1. The summed E-state index contributed by atoms with van der Waals surface area (Å²) in [4.78, 5) is 12.7. The molecule has 0 aliphatic carbocycles. The molecule has 0 saturated carbocycles. The average Bonchev–Trinajstić information content (AvgIpc) is 2.38. The number of hydrogen-bond donors (Lipinski definition) is 1. The number of methoxy groups -OCH3 is 1. The van der Waals surface area contributed by atoms with Gasteiger partial charge in [-0.3, -0.25) is 15.0 Å². The Bertz CT molecular complexity index is 464. The van der Waals surface area contributed by atoms with E-state index in [2.05, 4.69) is 4.90 Å². The molecule has 1 aliphatic heterocycles. The quantitative estimate of drug-likeness (QED) is 0.659. The van der Waals surface area contributed by atoms with Crippen molar-refractivity contribution in [3.05, 3.63) is 33.9 Å². The van der Waals surface area contributed by atoms with Gasteiger partial charge in [-0.25, -0.2) is 0 Å². The highest BCUT2D eigenvalue weighted by atomic mass is 16.6. The van der Waals surface area contributed by atoms with E-state index in [9.17, 15) is 10.1 Å². The smallest absolute Gasteiger partial charge is 0.270 e. The van der Waals surface area contributed by atoms with Crippen molar-refractivity contribution in [3.63, 3.8) is 0 Å². The van der Waals surface area contributed by atoms with Crippen molar-refractivity contribution in [1.29, 1.82) is 0 Å². The monoisotopic (exact) mass is 265 g/mol. The fraction of sp³-hybridized carbons (Fsp3) is 0.538. The summed E-state index contributed by atoms with van der Waals surface area (Å²) in [6, 6.07) is 4.89. The Morgan fingerprint density at radius 2 is 2.37 bits per heavy atom. The van der Waals surface area contributed by atoms with Gasteiger partial charge in [-0.05, 0) is 25.5 Å². The number of hydrogen-bond acceptors (Lipinski definition) is 5. The summed E-state index contributed by atoms with van der Waals surface area (Å²) in [5.41, 5.74) is 6.88. The van der Waals surface area contributed by atoms with Crippen LogP contribution in [0.4, 0.5) is 5.69 Å². The van der Waals surface area contributed by atoms with Crippen molar-refractivity contribution < 1.29 is 9.66 Å². The van der Waals surface area contributed by atoms with Gasteiger partial charge in [0.2, 0.25) is 0 Å². The molecule has 1 unspecified atom stereocenters. The van der Waals surface area contributed by atoms with Crippen molar-refractivity contribution in [2.75, 3.05) is 20.2 Å². The minimum Gasteiger partial charge on any atom is -0.496 e. The molecule has 1 fully saturated rings. The Kier molecular flexibility index (Phi) is 4.34. The van der Waals surface area contributed by atoms with Gasteiger partial charge >= 0.3 is 0 Å². The molecule has 2 rings (SSSR count). The maximum Gasteiger partial charge on any atom is 0.270 e. The Labute approximate surface area is 112 Å². The summed E-state index contributed by atoms with van der Waals surface area (Å²) < 4.78 is 5.27. The normalized spacial score (nSPS) is 20.2. The zero-order valence-electron chi connectivity index (χ0n) is 11.0. The van der Waals surface area contributed by atoms with E-state index < -0.39 is 0 Å². The first kappa shape index (κ1) is 13.8. The van der Waals surface area contributed by atoms with Gasteiger partial charge in [0.25, 0.3) is 5.69 Å². The fourth-order valence-electron chi connectivity index (χ4n) is 2.48. The molecular formula is C13H19N3O3. The first-order chi connectivity index (χ1) is 9.10. The largest absolute Gasteiger partial charge is 0.496 e. The standard InChI is InChI=1S/C13H19N3O3/c1-19-13-5-4-12(16(17)18)7-10(13)8-15-6-2-3-11(14)9-15/h4-5,7,11H,2-3,6,8-9,14H2,1H3. The molecule has 1 aromatic carbocycles. The Hall–Kier alpha value is -1.66. The molecule has 1 saturated heterocycles. The molecule has 1 heterocycles. The number of nitrogens with zero attached hydrogens (tertiary/aromatic N) is 2. The van der Waals surface area contributed by atoms with Crippen LogP contribution in [0, 0.1) is 10.1 Å². The van der Waals surface area contributed by atoms with Gasteiger partial charge in [0.15, 0.2) is 0 Å². The number of nitro benzene ring substituents is 1. The van der Waals surface area contributed by atoms with Gasteiger partial charge in [0.1, 0.15) is 5.75 Å². The van der Waals surface area contributed by atoms with E-state index in [0.29, 0.717) is 12.3 Å². The number of rotatable bonds is 4. The maximum atomic E-state index is 10.8. The second kappa shape index (κ2) is 5.99. The van der Waals surface area contributed by atoms with Crippen LogP contribution in [-0.4, -0.2) is 36.1 Å². The van der Waals surface area contributed by atoms with E-state index in [-0.39, 0.29) is 16.7 Å². The summed E-state index contributed by atoms with van der Waals surface area (Å²) in [5, 5.41) is 10.8. The molecule has 2 N–H and O–H groups in total. The van der Waals surface area contributed by atoms with Gasteiger partial charge in [-0.2, -0.15) is 0 Å². The number of benzene rings is 1. The lowest BCUT2D eigenvalue weighted by Crippen LogP contribution is -2.42. The van der Waals surface area contributed by atoms with Crippen LogP contribution in [0.2, 0.25) is 0 Å². The molecule has 0 bridgehead atoms. The highest BCUT2D eigenvalue weighted by molar-refractivity contribution is 5.43. The van der Waals surface area contributed by atoms with E-state index >= 15 is 0 Å². The van der Waals surface area contributed by atoms with Gasteiger partial charge in [-0.1, -0.05) is 0 Å². The van der Waals surface area contributed by atoms with E-state index in [4.69, 9.17) is 10.5 Å². The second-order valence-corrected chi connectivity index (χ2v) is 4.89. The number of non-ortho nitro benzene ring substituents is 1. The van der Waals surface area contributed by atoms with Crippen LogP contribution in [0.25, 0.3) is 0 Å². The van der Waals surface area contributed by atoms with Crippen molar-refractivity contribution in [2.24, 2.45) is 5.73 Å². The third-order valence-electron chi connectivity index (χ3n) is 3.41. The van der Waals surface area contributed by atoms with Crippen LogP contribution >= 0.6 is 0 Å². The molecule has 0 spiro atoms. The lowest BCUT2D eigenvalue weighted by atomic mass is 10.1. The third-order valence-corrected chi connectivity index (χ3v) is 3.41. The maximum absolute atomic E-state index is 10.8. The van der Waals surface area contributed by atoms with Gasteiger partial charge < -0.3 is 10.5 Å².